The summed E-state index contributed by atoms with van der Waals surface area (Å²) < 4.78 is 0. The molecule has 0 amide bonds. The van der Waals surface area contributed by atoms with Crippen LogP contribution in [0.4, 0.5) is 5.69 Å². The molecule has 1 aliphatic rings. The maximum absolute atomic E-state index is 3.56. The van der Waals surface area contributed by atoms with Crippen molar-refractivity contribution in [3.63, 3.8) is 0 Å². The highest BCUT2D eigenvalue weighted by Gasteiger charge is 2.23. The Bertz CT molecular complexity index is 414. The largest absolute Gasteiger partial charge is 0.371 e. The fourth-order valence-corrected chi connectivity index (χ4v) is 2.81. The van der Waals surface area contributed by atoms with Gasteiger partial charge in [0.15, 0.2) is 0 Å². The van der Waals surface area contributed by atoms with E-state index < -0.39 is 0 Å². The third-order valence-corrected chi connectivity index (χ3v) is 4.20. The molecule has 1 N–H and O–H groups in total. The summed E-state index contributed by atoms with van der Waals surface area (Å²) in [6, 6.07) is 9.75. The van der Waals surface area contributed by atoms with Gasteiger partial charge >= 0.3 is 0 Å². The third kappa shape index (κ3) is 3.99. The van der Waals surface area contributed by atoms with Gasteiger partial charge in [-0.15, -0.1) is 0 Å². The normalized spacial score (nSPS) is 19.9. The lowest BCUT2D eigenvalue weighted by molar-refractivity contribution is 0.480. The zero-order chi connectivity index (χ0) is 14.8. The van der Waals surface area contributed by atoms with Crippen molar-refractivity contribution in [2.45, 2.75) is 52.5 Å². The SMILES string of the molecule is CC(C)NCC1CCN(c2ccc(C(C)(C)C)cc2)C1. The number of rotatable bonds is 4. The molecule has 2 heteroatoms. The van der Waals surface area contributed by atoms with Gasteiger partial charge in [-0.3, -0.25) is 0 Å². The van der Waals surface area contributed by atoms with E-state index in [2.05, 4.69) is 69.1 Å². The fraction of sp³-hybridized carbons (Fsp3) is 0.667. The van der Waals surface area contributed by atoms with Crippen LogP contribution in [0.15, 0.2) is 24.3 Å². The van der Waals surface area contributed by atoms with E-state index in [1.807, 2.05) is 0 Å². The Balaban J connectivity index is 1.93. The van der Waals surface area contributed by atoms with Crippen molar-refractivity contribution in [1.82, 2.24) is 5.32 Å². The minimum absolute atomic E-state index is 0.243. The Hall–Kier alpha value is -1.02. The van der Waals surface area contributed by atoms with Crippen LogP contribution >= 0.6 is 0 Å². The number of nitrogens with zero attached hydrogens (tertiary/aromatic N) is 1. The lowest BCUT2D eigenvalue weighted by atomic mass is 9.87. The first-order chi connectivity index (χ1) is 9.36. The van der Waals surface area contributed by atoms with Gasteiger partial charge < -0.3 is 10.2 Å². The van der Waals surface area contributed by atoms with Crippen LogP contribution in [-0.2, 0) is 5.41 Å². The van der Waals surface area contributed by atoms with E-state index >= 15 is 0 Å². The molecule has 0 aromatic heterocycles. The Morgan fingerprint density at radius 3 is 2.40 bits per heavy atom. The molecule has 0 aliphatic carbocycles. The van der Waals surface area contributed by atoms with Gasteiger partial charge in [-0.05, 0) is 42.0 Å². The van der Waals surface area contributed by atoms with Crippen molar-refractivity contribution >= 4 is 5.69 Å². The number of hydrogen-bond donors (Lipinski definition) is 1. The van der Waals surface area contributed by atoms with Crippen molar-refractivity contribution in [3.05, 3.63) is 29.8 Å². The fourth-order valence-electron chi connectivity index (χ4n) is 2.81. The van der Waals surface area contributed by atoms with E-state index in [9.17, 15) is 0 Å². The molecule has 1 fully saturated rings. The van der Waals surface area contributed by atoms with Gasteiger partial charge in [0.2, 0.25) is 0 Å². The first-order valence-corrected chi connectivity index (χ1v) is 7.95. The first-order valence-electron chi connectivity index (χ1n) is 7.95. The van der Waals surface area contributed by atoms with Gasteiger partial charge in [0.25, 0.3) is 0 Å². The van der Waals surface area contributed by atoms with E-state index in [4.69, 9.17) is 0 Å². The summed E-state index contributed by atoms with van der Waals surface area (Å²) in [6.07, 6.45) is 1.31. The average Bonchev–Trinajstić information content (AvgIpc) is 2.84. The third-order valence-electron chi connectivity index (χ3n) is 4.20. The van der Waals surface area contributed by atoms with Crippen LogP contribution in [-0.4, -0.2) is 25.7 Å². The van der Waals surface area contributed by atoms with Crippen LogP contribution < -0.4 is 10.2 Å². The summed E-state index contributed by atoms with van der Waals surface area (Å²) in [5, 5.41) is 3.56. The van der Waals surface area contributed by atoms with Crippen molar-refractivity contribution < 1.29 is 0 Å². The smallest absolute Gasteiger partial charge is 0.0366 e. The number of nitrogens with one attached hydrogen (secondary N) is 1. The number of anilines is 1. The lowest BCUT2D eigenvalue weighted by Gasteiger charge is -2.23. The molecule has 0 spiro atoms. The van der Waals surface area contributed by atoms with Crippen molar-refractivity contribution in [2.24, 2.45) is 5.92 Å². The number of benzene rings is 1. The molecule has 1 saturated heterocycles. The zero-order valence-electron chi connectivity index (χ0n) is 13.7. The molecular weight excluding hydrogens is 244 g/mol. The Morgan fingerprint density at radius 1 is 1.20 bits per heavy atom. The molecule has 0 radical (unpaired) electrons. The molecular formula is C18H30N2. The Morgan fingerprint density at radius 2 is 1.85 bits per heavy atom. The summed E-state index contributed by atoms with van der Waals surface area (Å²) in [7, 11) is 0. The summed E-state index contributed by atoms with van der Waals surface area (Å²) in [5.41, 5.74) is 3.04. The topological polar surface area (TPSA) is 15.3 Å². The van der Waals surface area contributed by atoms with E-state index in [1.165, 1.54) is 30.8 Å². The zero-order valence-corrected chi connectivity index (χ0v) is 13.7. The standard InChI is InChI=1S/C18H30N2/c1-14(2)19-12-15-10-11-20(13-15)17-8-6-16(7-9-17)18(3,4)5/h6-9,14-15,19H,10-13H2,1-5H3. The van der Waals surface area contributed by atoms with E-state index in [1.54, 1.807) is 0 Å². The summed E-state index contributed by atoms with van der Waals surface area (Å²) in [5.74, 6) is 0.791. The predicted octanol–water partition coefficient (Wildman–Crippen LogP) is 3.81. The van der Waals surface area contributed by atoms with Gasteiger partial charge in [0.1, 0.15) is 0 Å². The average molecular weight is 274 g/mol. The molecule has 1 aliphatic heterocycles. The van der Waals surface area contributed by atoms with Gasteiger partial charge in [-0.25, -0.2) is 0 Å². The van der Waals surface area contributed by atoms with Crippen LogP contribution in [0.1, 0.15) is 46.6 Å². The quantitative estimate of drug-likeness (QED) is 0.898. The van der Waals surface area contributed by atoms with Gasteiger partial charge in [0, 0.05) is 24.8 Å². The second kappa shape index (κ2) is 6.17. The maximum atomic E-state index is 3.56. The molecule has 1 aromatic rings. The van der Waals surface area contributed by atoms with Gasteiger partial charge in [0.05, 0.1) is 0 Å². The molecule has 2 nitrogen and oxygen atoms in total. The van der Waals surface area contributed by atoms with Crippen LogP contribution in [0.2, 0.25) is 0 Å². The van der Waals surface area contributed by atoms with Crippen LogP contribution in [0.3, 0.4) is 0 Å². The summed E-state index contributed by atoms with van der Waals surface area (Å²) in [6.45, 7) is 14.8. The molecule has 20 heavy (non-hydrogen) atoms. The predicted molar refractivity (Wildman–Crippen MR) is 88.6 cm³/mol. The molecule has 1 unspecified atom stereocenters. The first kappa shape index (κ1) is 15.4. The molecule has 1 atom stereocenters. The van der Waals surface area contributed by atoms with E-state index in [0.717, 1.165) is 12.5 Å². The van der Waals surface area contributed by atoms with Gasteiger partial charge in [-0.2, -0.15) is 0 Å². The van der Waals surface area contributed by atoms with E-state index in [0.29, 0.717) is 6.04 Å². The molecule has 2 rings (SSSR count). The van der Waals surface area contributed by atoms with Crippen LogP contribution in [0, 0.1) is 5.92 Å². The van der Waals surface area contributed by atoms with E-state index in [-0.39, 0.29) is 5.41 Å². The summed E-state index contributed by atoms with van der Waals surface area (Å²) in [4.78, 5) is 2.53. The minimum Gasteiger partial charge on any atom is -0.371 e. The highest BCUT2D eigenvalue weighted by molar-refractivity contribution is 5.49. The highest BCUT2D eigenvalue weighted by Crippen LogP contribution is 2.27. The monoisotopic (exact) mass is 274 g/mol. The minimum atomic E-state index is 0.243. The number of hydrogen-bond acceptors (Lipinski definition) is 2. The summed E-state index contributed by atoms with van der Waals surface area (Å²) >= 11 is 0. The molecule has 1 heterocycles. The molecule has 1 aromatic carbocycles. The van der Waals surface area contributed by atoms with Crippen LogP contribution in [0.25, 0.3) is 0 Å². The maximum Gasteiger partial charge on any atom is 0.0366 e. The molecule has 0 bridgehead atoms. The second-order valence-corrected chi connectivity index (χ2v) is 7.46. The Labute approximate surface area is 124 Å². The van der Waals surface area contributed by atoms with Crippen molar-refractivity contribution in [2.75, 3.05) is 24.5 Å². The molecule has 112 valence electrons. The van der Waals surface area contributed by atoms with Crippen LogP contribution in [0.5, 0.6) is 0 Å². The lowest BCUT2D eigenvalue weighted by Crippen LogP contribution is -2.30. The second-order valence-electron chi connectivity index (χ2n) is 7.46. The van der Waals surface area contributed by atoms with Crippen molar-refractivity contribution in [1.29, 1.82) is 0 Å². The van der Waals surface area contributed by atoms with Crippen molar-refractivity contribution in [3.8, 4) is 0 Å². The van der Waals surface area contributed by atoms with Gasteiger partial charge in [-0.1, -0.05) is 46.8 Å². The Kier molecular flexibility index (Phi) is 4.74. The highest BCUT2D eigenvalue weighted by atomic mass is 15.2. The molecule has 0 saturated carbocycles.